The molecule has 0 fully saturated rings. The van der Waals surface area contributed by atoms with E-state index in [0.29, 0.717) is 22.3 Å². The molecule has 0 saturated carbocycles. The van der Waals surface area contributed by atoms with Crippen LogP contribution in [0.4, 0.5) is 0 Å². The van der Waals surface area contributed by atoms with Crippen LogP contribution in [0.3, 0.4) is 0 Å². The van der Waals surface area contributed by atoms with Gasteiger partial charge in [0.2, 0.25) is 0 Å². The third-order valence-corrected chi connectivity index (χ3v) is 8.62. The molecule has 8 aromatic rings. The number of rotatable bonds is 8. The molecule has 4 heteroatoms. The maximum atomic E-state index is 10.5. The summed E-state index contributed by atoms with van der Waals surface area (Å²) >= 11 is 0. The van der Waals surface area contributed by atoms with Crippen LogP contribution in [0, 0.1) is 0 Å². The molecular formula is C53H44O4. The van der Waals surface area contributed by atoms with Crippen molar-refractivity contribution >= 4 is 25.1 Å². The van der Waals surface area contributed by atoms with Gasteiger partial charge in [0.15, 0.2) is 0 Å². The van der Waals surface area contributed by atoms with E-state index in [-0.39, 0.29) is 7.43 Å². The largest absolute Gasteiger partial charge is 0.298 e. The number of carbonyl (C=O) groups is 4. The zero-order chi connectivity index (χ0) is 39.2. The third-order valence-electron chi connectivity index (χ3n) is 8.62. The van der Waals surface area contributed by atoms with Crippen LogP contribution in [0.5, 0.6) is 0 Å². The SMILES string of the molecule is C.O=Cc1ccc(-c2ccccc2)cc1.O=Cc1ccc(-c2ccccc2)cc1.O=Cc1ccc(-c2ccccc2)cc1.O=Cc1ccc(-c2ccccc2)cc1. The maximum Gasteiger partial charge on any atom is 0.150 e. The third kappa shape index (κ3) is 13.4. The fraction of sp³-hybridized carbons (Fsp3) is 0.0189. The predicted octanol–water partition coefficient (Wildman–Crippen LogP) is 13.3. The Bertz CT molecular complexity index is 2010. The van der Waals surface area contributed by atoms with Gasteiger partial charge in [-0.2, -0.15) is 0 Å². The molecule has 0 saturated heterocycles. The first-order chi connectivity index (χ1) is 27.6. The summed E-state index contributed by atoms with van der Waals surface area (Å²) in [5.41, 5.74) is 12.1. The number of hydrogen-bond donors (Lipinski definition) is 0. The number of aldehydes is 4. The van der Waals surface area contributed by atoms with E-state index in [1.165, 1.54) is 22.3 Å². The maximum absolute atomic E-state index is 10.5. The molecular weight excluding hydrogens is 701 g/mol. The molecule has 0 heterocycles. The molecule has 8 aromatic carbocycles. The van der Waals surface area contributed by atoms with Crippen molar-refractivity contribution in [2.75, 3.05) is 0 Å². The van der Waals surface area contributed by atoms with E-state index in [2.05, 4.69) is 48.5 Å². The fourth-order valence-electron chi connectivity index (χ4n) is 5.54. The van der Waals surface area contributed by atoms with Crippen molar-refractivity contribution in [2.24, 2.45) is 0 Å². The molecule has 0 atom stereocenters. The summed E-state index contributed by atoms with van der Waals surface area (Å²) in [5, 5.41) is 0. The second kappa shape index (κ2) is 23.3. The van der Waals surface area contributed by atoms with Gasteiger partial charge in [0.1, 0.15) is 25.1 Å². The smallest absolute Gasteiger partial charge is 0.150 e. The lowest BCUT2D eigenvalue weighted by molar-refractivity contribution is 0.111. The Hall–Kier alpha value is -7.56. The van der Waals surface area contributed by atoms with Gasteiger partial charge in [-0.15, -0.1) is 0 Å². The topological polar surface area (TPSA) is 68.3 Å². The van der Waals surface area contributed by atoms with Crippen LogP contribution in [-0.4, -0.2) is 25.1 Å². The van der Waals surface area contributed by atoms with Gasteiger partial charge in [-0.3, -0.25) is 19.2 Å². The Kier molecular flexibility index (Phi) is 17.2. The van der Waals surface area contributed by atoms with Gasteiger partial charge >= 0.3 is 0 Å². The van der Waals surface area contributed by atoms with Crippen molar-refractivity contribution in [1.29, 1.82) is 0 Å². The van der Waals surface area contributed by atoms with Crippen LogP contribution in [0.15, 0.2) is 218 Å². The van der Waals surface area contributed by atoms with Gasteiger partial charge in [0.25, 0.3) is 0 Å². The van der Waals surface area contributed by atoms with Crippen LogP contribution >= 0.6 is 0 Å². The fourth-order valence-corrected chi connectivity index (χ4v) is 5.54. The van der Waals surface area contributed by atoms with E-state index in [4.69, 9.17) is 0 Å². The average molecular weight is 745 g/mol. The summed E-state index contributed by atoms with van der Waals surface area (Å²) in [5.74, 6) is 0. The van der Waals surface area contributed by atoms with Gasteiger partial charge in [0, 0.05) is 22.3 Å². The van der Waals surface area contributed by atoms with Gasteiger partial charge in [-0.25, -0.2) is 0 Å². The van der Waals surface area contributed by atoms with Crippen molar-refractivity contribution in [3.63, 3.8) is 0 Å². The minimum absolute atomic E-state index is 0. The summed E-state index contributed by atoms with van der Waals surface area (Å²) in [6, 6.07) is 70.7. The minimum atomic E-state index is 0. The zero-order valence-electron chi connectivity index (χ0n) is 30.7. The normalized spacial score (nSPS) is 9.54. The molecule has 280 valence electrons. The molecule has 0 spiro atoms. The molecule has 0 radical (unpaired) electrons. The second-order valence-electron chi connectivity index (χ2n) is 12.4. The predicted molar refractivity (Wildman–Crippen MR) is 236 cm³/mol. The van der Waals surface area contributed by atoms with E-state index < -0.39 is 0 Å². The van der Waals surface area contributed by atoms with Crippen LogP contribution < -0.4 is 0 Å². The highest BCUT2D eigenvalue weighted by atomic mass is 16.1. The van der Waals surface area contributed by atoms with Crippen molar-refractivity contribution in [3.8, 4) is 44.5 Å². The van der Waals surface area contributed by atoms with Gasteiger partial charge in [0.05, 0.1) is 0 Å². The molecule has 0 aliphatic heterocycles. The molecule has 0 aromatic heterocycles. The highest BCUT2D eigenvalue weighted by Crippen LogP contribution is 2.21. The Labute approximate surface area is 335 Å². The van der Waals surface area contributed by atoms with Crippen molar-refractivity contribution < 1.29 is 19.2 Å². The summed E-state index contributed by atoms with van der Waals surface area (Å²) in [4.78, 5) is 41.8. The lowest BCUT2D eigenvalue weighted by atomic mass is 10.0. The zero-order valence-corrected chi connectivity index (χ0v) is 30.7. The standard InChI is InChI=1S/4C13H10O.CH4/c4*14-10-11-6-8-13(9-7-11)12-4-2-1-3-5-12;/h4*1-10H;1H4. The van der Waals surface area contributed by atoms with Crippen LogP contribution in [0.25, 0.3) is 44.5 Å². The highest BCUT2D eigenvalue weighted by molar-refractivity contribution is 5.79. The van der Waals surface area contributed by atoms with E-state index in [9.17, 15) is 19.2 Å². The molecule has 57 heavy (non-hydrogen) atoms. The molecule has 0 bridgehead atoms. The molecule has 0 N–H and O–H groups in total. The molecule has 0 aliphatic carbocycles. The molecule has 0 amide bonds. The quantitative estimate of drug-likeness (QED) is 0.145. The van der Waals surface area contributed by atoms with Crippen LogP contribution in [0.2, 0.25) is 0 Å². The van der Waals surface area contributed by atoms with E-state index >= 15 is 0 Å². The highest BCUT2D eigenvalue weighted by Gasteiger charge is 1.99. The van der Waals surface area contributed by atoms with Crippen LogP contribution in [0.1, 0.15) is 48.9 Å². The summed E-state index contributed by atoms with van der Waals surface area (Å²) < 4.78 is 0. The Morgan fingerprint density at radius 1 is 0.193 bits per heavy atom. The lowest BCUT2D eigenvalue weighted by Crippen LogP contribution is -1.80. The monoisotopic (exact) mass is 744 g/mol. The Morgan fingerprint density at radius 3 is 0.474 bits per heavy atom. The van der Waals surface area contributed by atoms with Crippen LogP contribution in [-0.2, 0) is 0 Å². The number of hydrogen-bond acceptors (Lipinski definition) is 4. The average Bonchev–Trinajstić information content (AvgIpc) is 3.31. The van der Waals surface area contributed by atoms with Gasteiger partial charge < -0.3 is 0 Å². The Morgan fingerprint density at radius 2 is 0.333 bits per heavy atom. The number of carbonyl (C=O) groups excluding carboxylic acids is 4. The lowest BCUT2D eigenvalue weighted by Gasteiger charge is -2.00. The van der Waals surface area contributed by atoms with Crippen molar-refractivity contribution in [3.05, 3.63) is 241 Å². The van der Waals surface area contributed by atoms with Crippen molar-refractivity contribution in [2.45, 2.75) is 7.43 Å². The Balaban J connectivity index is 0.000000167. The van der Waals surface area contributed by atoms with E-state index in [1.54, 1.807) is 0 Å². The van der Waals surface area contributed by atoms with Gasteiger partial charge in [-0.05, 0) is 44.5 Å². The summed E-state index contributed by atoms with van der Waals surface area (Å²) in [7, 11) is 0. The van der Waals surface area contributed by atoms with E-state index in [1.807, 2.05) is 170 Å². The molecule has 4 nitrogen and oxygen atoms in total. The summed E-state index contributed by atoms with van der Waals surface area (Å²) in [6.07, 6.45) is 3.42. The first kappa shape index (κ1) is 42.2. The number of benzene rings is 8. The van der Waals surface area contributed by atoms with E-state index in [0.717, 1.165) is 47.4 Å². The van der Waals surface area contributed by atoms with Gasteiger partial charge in [-0.1, -0.05) is 226 Å². The molecule has 0 aliphatic rings. The minimum Gasteiger partial charge on any atom is -0.298 e. The molecule has 8 rings (SSSR count). The van der Waals surface area contributed by atoms with Crippen molar-refractivity contribution in [1.82, 2.24) is 0 Å². The first-order valence-electron chi connectivity index (χ1n) is 18.0. The second-order valence-corrected chi connectivity index (χ2v) is 12.4. The first-order valence-corrected chi connectivity index (χ1v) is 18.0. The molecule has 0 unspecified atom stereocenters. The summed E-state index contributed by atoms with van der Waals surface area (Å²) in [6.45, 7) is 0.